The van der Waals surface area contributed by atoms with E-state index in [0.717, 1.165) is 31.4 Å². The molecule has 0 amide bonds. The lowest BCUT2D eigenvalue weighted by molar-refractivity contribution is 0.0602. The van der Waals surface area contributed by atoms with Crippen LogP contribution in [0.4, 0.5) is 0 Å². The number of unbranched alkanes of at least 4 members (excludes halogenated alkanes) is 4. The third-order valence-corrected chi connectivity index (χ3v) is 4.83. The fourth-order valence-corrected chi connectivity index (χ4v) is 3.31. The molecule has 0 atom stereocenters. The van der Waals surface area contributed by atoms with Crippen molar-refractivity contribution in [3.8, 4) is 11.1 Å². The number of carbonyl (C=O) groups is 1. The molecule has 0 aromatic rings. The van der Waals surface area contributed by atoms with E-state index in [1.165, 1.54) is 43.1 Å². The van der Waals surface area contributed by atoms with Crippen molar-refractivity contribution in [1.82, 2.24) is 0 Å². The average Bonchev–Trinajstić information content (AvgIpc) is 2.79. The molecule has 0 spiro atoms. The summed E-state index contributed by atoms with van der Waals surface area (Å²) in [5.41, 5.74) is 10.9. The summed E-state index contributed by atoms with van der Waals surface area (Å²) in [7, 11) is 1.45. The first-order chi connectivity index (χ1) is 12.1. The molecule has 0 heterocycles. The number of methoxy groups -OCH3 is 1. The van der Waals surface area contributed by atoms with Crippen molar-refractivity contribution in [3.05, 3.63) is 47.0 Å². The van der Waals surface area contributed by atoms with Gasteiger partial charge >= 0.3 is 5.97 Å². The van der Waals surface area contributed by atoms with Crippen molar-refractivity contribution in [2.75, 3.05) is 13.7 Å². The van der Waals surface area contributed by atoms with Gasteiger partial charge in [0, 0.05) is 0 Å². The summed E-state index contributed by atoms with van der Waals surface area (Å²) in [5, 5.41) is 0. The topological polar surface area (TPSA) is 52.3 Å². The van der Waals surface area contributed by atoms with Crippen LogP contribution in [0, 0.1) is 0 Å². The highest BCUT2D eigenvalue weighted by Crippen LogP contribution is 2.35. The van der Waals surface area contributed by atoms with Gasteiger partial charge < -0.3 is 10.5 Å². The predicted molar refractivity (Wildman–Crippen MR) is 104 cm³/mol. The second-order valence-electron chi connectivity index (χ2n) is 7.03. The molecule has 2 aliphatic carbocycles. The summed E-state index contributed by atoms with van der Waals surface area (Å²) in [5.74, 6) is 0.169. The maximum Gasteiger partial charge on any atom is 0.338 e. The minimum atomic E-state index is -0.250. The summed E-state index contributed by atoms with van der Waals surface area (Å²) in [6, 6.07) is 10.6. The first-order valence-electron chi connectivity index (χ1n) is 9.42. The number of aryl methyl sites for hydroxylation is 1. The van der Waals surface area contributed by atoms with Crippen LogP contribution in [0.1, 0.15) is 73.4 Å². The molecule has 0 aliphatic heterocycles. The standard InChI is InChI=1S/C22H31NO2/c1-16(2)17-11-9-12-19-18(10-7-5-4-6-8-13-23)15-21(20(19)14-17)22(24)25-3/h9,11-12,14-16H,4-8,10,13,23H2,1-3H3. The van der Waals surface area contributed by atoms with Gasteiger partial charge in [0.05, 0.1) is 12.7 Å². The van der Waals surface area contributed by atoms with Crippen LogP contribution in [0.15, 0.2) is 30.3 Å². The molecule has 2 rings (SSSR count). The first kappa shape index (κ1) is 19.5. The Morgan fingerprint density at radius 2 is 1.76 bits per heavy atom. The number of hydrogen-bond acceptors (Lipinski definition) is 3. The summed E-state index contributed by atoms with van der Waals surface area (Å²) in [6.45, 7) is 5.12. The Balaban J connectivity index is 2.23. The Kier molecular flexibility index (Phi) is 7.45. The monoisotopic (exact) mass is 341 g/mol. The average molecular weight is 341 g/mol. The van der Waals surface area contributed by atoms with Crippen LogP contribution in [0.5, 0.6) is 0 Å². The van der Waals surface area contributed by atoms with Crippen molar-refractivity contribution in [2.45, 2.75) is 58.3 Å². The van der Waals surface area contributed by atoms with Gasteiger partial charge in [-0.05, 0) is 60.0 Å². The van der Waals surface area contributed by atoms with Crippen LogP contribution in [-0.2, 0) is 11.2 Å². The minimum Gasteiger partial charge on any atom is -0.465 e. The van der Waals surface area contributed by atoms with E-state index in [9.17, 15) is 4.79 Å². The first-order valence-corrected chi connectivity index (χ1v) is 9.42. The number of rotatable bonds is 9. The predicted octanol–water partition coefficient (Wildman–Crippen LogP) is 5.15. The Bertz CT molecular complexity index is 663. The van der Waals surface area contributed by atoms with E-state index in [1.54, 1.807) is 0 Å². The van der Waals surface area contributed by atoms with E-state index in [0.29, 0.717) is 11.5 Å². The van der Waals surface area contributed by atoms with Gasteiger partial charge in [-0.1, -0.05) is 57.4 Å². The number of ether oxygens (including phenoxy) is 1. The molecule has 0 saturated heterocycles. The molecule has 136 valence electrons. The highest BCUT2D eigenvalue weighted by molar-refractivity contribution is 6.00. The molecule has 3 heteroatoms. The molecule has 25 heavy (non-hydrogen) atoms. The molecular formula is C22H31NO2. The van der Waals surface area contributed by atoms with Gasteiger partial charge in [-0.25, -0.2) is 4.79 Å². The highest BCUT2D eigenvalue weighted by Gasteiger charge is 2.21. The number of nitrogens with two attached hydrogens (primary N) is 1. The van der Waals surface area contributed by atoms with Crippen molar-refractivity contribution in [3.63, 3.8) is 0 Å². The van der Waals surface area contributed by atoms with Crippen LogP contribution in [-0.4, -0.2) is 19.6 Å². The summed E-state index contributed by atoms with van der Waals surface area (Å²) in [4.78, 5) is 12.2. The minimum absolute atomic E-state index is 0.250. The molecule has 0 bridgehead atoms. The number of fused-ring (bicyclic) bond motifs is 1. The smallest absolute Gasteiger partial charge is 0.338 e. The van der Waals surface area contributed by atoms with Crippen LogP contribution in [0.3, 0.4) is 0 Å². The van der Waals surface area contributed by atoms with Gasteiger partial charge in [0.25, 0.3) is 0 Å². The lowest BCUT2D eigenvalue weighted by atomic mass is 10.0. The van der Waals surface area contributed by atoms with Gasteiger partial charge in [-0.2, -0.15) is 0 Å². The fourth-order valence-electron chi connectivity index (χ4n) is 3.31. The van der Waals surface area contributed by atoms with Gasteiger partial charge in [0.15, 0.2) is 0 Å². The number of esters is 1. The molecule has 2 N–H and O–H groups in total. The van der Waals surface area contributed by atoms with Crippen LogP contribution < -0.4 is 5.73 Å². The van der Waals surface area contributed by atoms with Crippen molar-refractivity contribution in [2.24, 2.45) is 5.73 Å². The zero-order chi connectivity index (χ0) is 18.2. The van der Waals surface area contributed by atoms with Crippen LogP contribution >= 0.6 is 0 Å². The lowest BCUT2D eigenvalue weighted by Gasteiger charge is -2.05. The second kappa shape index (κ2) is 9.57. The van der Waals surface area contributed by atoms with Crippen LogP contribution in [0.25, 0.3) is 11.1 Å². The second-order valence-corrected chi connectivity index (χ2v) is 7.03. The van der Waals surface area contributed by atoms with E-state index in [1.807, 2.05) is 6.07 Å². The largest absolute Gasteiger partial charge is 0.465 e. The Morgan fingerprint density at radius 1 is 1.04 bits per heavy atom. The van der Waals surface area contributed by atoms with Gasteiger partial charge in [0.2, 0.25) is 0 Å². The fraction of sp³-hybridized carbons (Fsp3) is 0.500. The van der Waals surface area contributed by atoms with Crippen molar-refractivity contribution >= 4 is 5.97 Å². The van der Waals surface area contributed by atoms with Gasteiger partial charge in [0.1, 0.15) is 0 Å². The Hall–Kier alpha value is -1.87. The van der Waals surface area contributed by atoms with E-state index < -0.39 is 0 Å². The van der Waals surface area contributed by atoms with Gasteiger partial charge in [-0.15, -0.1) is 0 Å². The number of hydrogen-bond donors (Lipinski definition) is 1. The molecule has 0 fully saturated rings. The quantitative estimate of drug-likeness (QED) is 0.507. The molecule has 0 aromatic carbocycles. The van der Waals surface area contributed by atoms with Gasteiger partial charge in [-0.3, -0.25) is 0 Å². The molecule has 0 unspecified atom stereocenters. The van der Waals surface area contributed by atoms with E-state index in [4.69, 9.17) is 10.5 Å². The molecular weight excluding hydrogens is 310 g/mol. The maximum atomic E-state index is 12.2. The van der Waals surface area contributed by atoms with Crippen molar-refractivity contribution < 1.29 is 9.53 Å². The molecule has 2 aliphatic rings. The summed E-state index contributed by atoms with van der Waals surface area (Å²) in [6.07, 6.45) is 6.89. The van der Waals surface area contributed by atoms with E-state index >= 15 is 0 Å². The molecule has 0 radical (unpaired) electrons. The normalized spacial score (nSPS) is 11.2. The Morgan fingerprint density at radius 3 is 2.44 bits per heavy atom. The Labute approximate surface area is 151 Å². The molecule has 0 aromatic heterocycles. The van der Waals surface area contributed by atoms with Crippen molar-refractivity contribution in [1.29, 1.82) is 0 Å². The lowest BCUT2D eigenvalue weighted by Crippen LogP contribution is -2.00. The molecule has 0 saturated carbocycles. The van der Waals surface area contributed by atoms with E-state index in [-0.39, 0.29) is 5.97 Å². The number of carbonyl (C=O) groups excluding carboxylic acids is 1. The third kappa shape index (κ3) is 5.05. The highest BCUT2D eigenvalue weighted by atomic mass is 16.5. The zero-order valence-corrected chi connectivity index (χ0v) is 15.8. The third-order valence-electron chi connectivity index (χ3n) is 4.83. The van der Waals surface area contributed by atoms with Crippen LogP contribution in [0.2, 0.25) is 0 Å². The van der Waals surface area contributed by atoms with E-state index in [2.05, 4.69) is 38.1 Å². The summed E-state index contributed by atoms with van der Waals surface area (Å²) >= 11 is 0. The summed E-state index contributed by atoms with van der Waals surface area (Å²) < 4.78 is 5.01. The zero-order valence-electron chi connectivity index (χ0n) is 15.8. The molecule has 3 nitrogen and oxygen atoms in total. The maximum absolute atomic E-state index is 12.2. The SMILES string of the molecule is COC(=O)c1cc(CCCCCCCN)c2cccc(C(C)C)cc1-2.